The van der Waals surface area contributed by atoms with Crippen LogP contribution in [0.15, 0.2) is 11.6 Å². The molecule has 0 amide bonds. The van der Waals surface area contributed by atoms with E-state index in [2.05, 4.69) is 15.6 Å². The molecule has 0 aliphatic carbocycles. The first-order chi connectivity index (χ1) is 5.95. The van der Waals surface area contributed by atoms with Gasteiger partial charge < -0.3 is 10.6 Å². The lowest BCUT2D eigenvalue weighted by Gasteiger charge is -2.23. The summed E-state index contributed by atoms with van der Waals surface area (Å²) in [6, 6.07) is 0.574. The van der Waals surface area contributed by atoms with Gasteiger partial charge in [-0.15, -0.1) is 11.3 Å². The molecule has 0 bridgehead atoms. The van der Waals surface area contributed by atoms with Crippen LogP contribution in [-0.4, -0.2) is 24.1 Å². The Bertz CT molecular complexity index is 216. The van der Waals surface area contributed by atoms with E-state index >= 15 is 0 Å². The Labute approximate surface area is 76.2 Å². The number of aromatic nitrogens is 1. The summed E-state index contributed by atoms with van der Waals surface area (Å²) in [6.07, 6.45) is 4.36. The highest BCUT2D eigenvalue weighted by Crippen LogP contribution is 2.14. The van der Waals surface area contributed by atoms with Gasteiger partial charge in [-0.3, -0.25) is 0 Å². The minimum absolute atomic E-state index is 0.574. The van der Waals surface area contributed by atoms with Crippen LogP contribution in [0, 0.1) is 0 Å². The smallest absolute Gasteiger partial charge is 0.182 e. The van der Waals surface area contributed by atoms with E-state index in [0.717, 1.165) is 18.2 Å². The number of piperidine rings is 1. The molecule has 1 fully saturated rings. The molecule has 1 unspecified atom stereocenters. The zero-order valence-corrected chi connectivity index (χ0v) is 7.73. The van der Waals surface area contributed by atoms with Crippen LogP contribution in [0.2, 0.25) is 0 Å². The van der Waals surface area contributed by atoms with Crippen LogP contribution >= 0.6 is 11.3 Å². The molecule has 1 aliphatic heterocycles. The number of nitrogens with zero attached hydrogens (tertiary/aromatic N) is 1. The van der Waals surface area contributed by atoms with E-state index in [9.17, 15) is 0 Å². The van der Waals surface area contributed by atoms with Gasteiger partial charge in [0.2, 0.25) is 0 Å². The van der Waals surface area contributed by atoms with Crippen molar-refractivity contribution >= 4 is 16.5 Å². The predicted molar refractivity (Wildman–Crippen MR) is 51.6 cm³/mol. The van der Waals surface area contributed by atoms with Gasteiger partial charge >= 0.3 is 0 Å². The second-order valence-electron chi connectivity index (χ2n) is 3.02. The average molecular weight is 183 g/mol. The molecule has 1 atom stereocenters. The molecule has 0 saturated carbocycles. The summed E-state index contributed by atoms with van der Waals surface area (Å²) in [6.45, 7) is 2.23. The van der Waals surface area contributed by atoms with Gasteiger partial charge in [-0.2, -0.15) is 0 Å². The lowest BCUT2D eigenvalue weighted by molar-refractivity contribution is 0.480. The van der Waals surface area contributed by atoms with Crippen molar-refractivity contribution in [3.8, 4) is 0 Å². The fraction of sp³-hybridized carbons (Fsp3) is 0.625. The third-order valence-electron chi connectivity index (χ3n) is 2.06. The van der Waals surface area contributed by atoms with Gasteiger partial charge in [0.1, 0.15) is 0 Å². The van der Waals surface area contributed by atoms with E-state index < -0.39 is 0 Å². The van der Waals surface area contributed by atoms with Gasteiger partial charge in [-0.05, 0) is 19.4 Å². The Hall–Kier alpha value is -0.610. The van der Waals surface area contributed by atoms with E-state index in [4.69, 9.17) is 0 Å². The fourth-order valence-corrected chi connectivity index (χ4v) is 2.05. The molecule has 12 heavy (non-hydrogen) atoms. The van der Waals surface area contributed by atoms with Crippen LogP contribution in [0.4, 0.5) is 5.13 Å². The number of hydrogen-bond donors (Lipinski definition) is 2. The third kappa shape index (κ3) is 1.95. The monoisotopic (exact) mass is 183 g/mol. The molecule has 0 aromatic carbocycles. The van der Waals surface area contributed by atoms with E-state index in [0.29, 0.717) is 6.04 Å². The molecule has 0 spiro atoms. The highest BCUT2D eigenvalue weighted by molar-refractivity contribution is 7.13. The second kappa shape index (κ2) is 3.87. The maximum atomic E-state index is 4.19. The van der Waals surface area contributed by atoms with E-state index in [-0.39, 0.29) is 0 Å². The summed E-state index contributed by atoms with van der Waals surface area (Å²) in [4.78, 5) is 4.19. The third-order valence-corrected chi connectivity index (χ3v) is 2.76. The molecular formula is C8H13N3S. The number of hydrogen-bond acceptors (Lipinski definition) is 4. The van der Waals surface area contributed by atoms with Gasteiger partial charge in [-0.1, -0.05) is 0 Å². The van der Waals surface area contributed by atoms with E-state index in [1.165, 1.54) is 12.8 Å². The predicted octanol–water partition coefficient (Wildman–Crippen LogP) is 1.31. The molecule has 1 saturated heterocycles. The number of anilines is 1. The summed E-state index contributed by atoms with van der Waals surface area (Å²) < 4.78 is 0. The molecule has 2 N–H and O–H groups in total. The van der Waals surface area contributed by atoms with Crippen LogP contribution in [0.3, 0.4) is 0 Å². The normalized spacial score (nSPS) is 23.8. The van der Waals surface area contributed by atoms with Gasteiger partial charge in [-0.25, -0.2) is 4.98 Å². The first-order valence-electron chi connectivity index (χ1n) is 4.32. The summed E-state index contributed by atoms with van der Waals surface area (Å²) >= 11 is 1.67. The summed E-state index contributed by atoms with van der Waals surface area (Å²) in [5.41, 5.74) is 0. The molecule has 1 aromatic heterocycles. The molecule has 1 aromatic rings. The molecule has 2 heterocycles. The molecule has 4 heteroatoms. The number of thiazole rings is 1. The fourth-order valence-electron chi connectivity index (χ4n) is 1.44. The number of nitrogens with one attached hydrogen (secondary N) is 2. The first-order valence-corrected chi connectivity index (χ1v) is 5.20. The van der Waals surface area contributed by atoms with E-state index in [1.807, 2.05) is 11.6 Å². The van der Waals surface area contributed by atoms with Gasteiger partial charge in [0.05, 0.1) is 0 Å². The average Bonchev–Trinajstić information content (AvgIpc) is 2.59. The summed E-state index contributed by atoms with van der Waals surface area (Å²) in [5.74, 6) is 0. The Balaban J connectivity index is 1.86. The highest BCUT2D eigenvalue weighted by Gasteiger charge is 2.12. The molecular weight excluding hydrogens is 170 g/mol. The van der Waals surface area contributed by atoms with Crippen molar-refractivity contribution in [1.82, 2.24) is 10.3 Å². The van der Waals surface area contributed by atoms with Crippen molar-refractivity contribution in [2.45, 2.75) is 18.9 Å². The standard InChI is InChI=1S/C8H13N3S/c1-2-7(6-9-3-1)11-8-10-4-5-12-8/h4-5,7,9H,1-3,6H2,(H,10,11). The molecule has 0 radical (unpaired) electrons. The van der Waals surface area contributed by atoms with Crippen LogP contribution in [-0.2, 0) is 0 Å². The van der Waals surface area contributed by atoms with Crippen molar-refractivity contribution in [2.24, 2.45) is 0 Å². The maximum Gasteiger partial charge on any atom is 0.182 e. The number of rotatable bonds is 2. The molecule has 3 nitrogen and oxygen atoms in total. The second-order valence-corrected chi connectivity index (χ2v) is 3.92. The van der Waals surface area contributed by atoms with Gasteiger partial charge in [0, 0.05) is 24.2 Å². The van der Waals surface area contributed by atoms with Gasteiger partial charge in [0.15, 0.2) is 5.13 Å². The Morgan fingerprint density at radius 1 is 1.67 bits per heavy atom. The highest BCUT2D eigenvalue weighted by atomic mass is 32.1. The van der Waals surface area contributed by atoms with Crippen LogP contribution < -0.4 is 10.6 Å². The van der Waals surface area contributed by atoms with E-state index in [1.54, 1.807) is 11.3 Å². The largest absolute Gasteiger partial charge is 0.358 e. The van der Waals surface area contributed by atoms with Crippen molar-refractivity contribution in [1.29, 1.82) is 0 Å². The minimum Gasteiger partial charge on any atom is -0.358 e. The lowest BCUT2D eigenvalue weighted by atomic mass is 10.1. The zero-order valence-electron chi connectivity index (χ0n) is 6.92. The van der Waals surface area contributed by atoms with Gasteiger partial charge in [0.25, 0.3) is 0 Å². The minimum atomic E-state index is 0.574. The topological polar surface area (TPSA) is 37.0 Å². The zero-order chi connectivity index (χ0) is 8.23. The van der Waals surface area contributed by atoms with Crippen LogP contribution in [0.1, 0.15) is 12.8 Å². The summed E-state index contributed by atoms with van der Waals surface area (Å²) in [5, 5.41) is 9.81. The molecule has 2 rings (SSSR count). The quantitative estimate of drug-likeness (QED) is 0.726. The SMILES string of the molecule is c1csc(NC2CCCNC2)n1. The summed E-state index contributed by atoms with van der Waals surface area (Å²) in [7, 11) is 0. The molecule has 66 valence electrons. The van der Waals surface area contributed by atoms with Crippen molar-refractivity contribution in [2.75, 3.05) is 18.4 Å². The van der Waals surface area contributed by atoms with Crippen molar-refractivity contribution in [3.63, 3.8) is 0 Å². The Morgan fingerprint density at radius 3 is 3.33 bits per heavy atom. The molecule has 1 aliphatic rings. The maximum absolute atomic E-state index is 4.19. The Morgan fingerprint density at radius 2 is 2.67 bits per heavy atom. The first kappa shape index (κ1) is 8.01. The Kier molecular flexibility index (Phi) is 2.58. The van der Waals surface area contributed by atoms with Crippen LogP contribution in [0.5, 0.6) is 0 Å². The van der Waals surface area contributed by atoms with Crippen molar-refractivity contribution < 1.29 is 0 Å². The van der Waals surface area contributed by atoms with Crippen LogP contribution in [0.25, 0.3) is 0 Å². The van der Waals surface area contributed by atoms with Crippen molar-refractivity contribution in [3.05, 3.63) is 11.6 Å². The lowest BCUT2D eigenvalue weighted by Crippen LogP contribution is -2.38.